The van der Waals surface area contributed by atoms with Crippen LogP contribution >= 0.6 is 11.6 Å². The number of quaternary nitrogens is 1. The highest BCUT2D eigenvalue weighted by Crippen LogP contribution is 2.19. The van der Waals surface area contributed by atoms with Gasteiger partial charge in [-0.2, -0.15) is 0 Å². The SMILES string of the molecule is Cc1cccc(OCCNC(=O)C[NH2+][C@@H](C)c2ccccc2Cl)c1. The number of nitrogens with one attached hydrogen (secondary N) is 1. The van der Waals surface area contributed by atoms with Crippen LogP contribution in [0, 0.1) is 6.92 Å². The fraction of sp³-hybridized carbons (Fsp3) is 0.316. The van der Waals surface area contributed by atoms with Gasteiger partial charge in [-0.1, -0.05) is 41.9 Å². The first kappa shape index (κ1) is 18.3. The Hall–Kier alpha value is -2.04. The molecule has 0 unspecified atom stereocenters. The summed E-state index contributed by atoms with van der Waals surface area (Å²) < 4.78 is 5.61. The van der Waals surface area contributed by atoms with Crippen LogP contribution in [0.3, 0.4) is 0 Å². The van der Waals surface area contributed by atoms with Gasteiger partial charge in [0.25, 0.3) is 5.91 Å². The Kier molecular flexibility index (Phi) is 7.09. The van der Waals surface area contributed by atoms with E-state index in [0.29, 0.717) is 19.7 Å². The summed E-state index contributed by atoms with van der Waals surface area (Å²) in [4.78, 5) is 11.9. The number of nitrogens with two attached hydrogens (primary N) is 1. The average Bonchev–Trinajstić information content (AvgIpc) is 2.57. The molecular formula is C19H24ClN2O2+. The van der Waals surface area contributed by atoms with E-state index >= 15 is 0 Å². The van der Waals surface area contributed by atoms with Gasteiger partial charge >= 0.3 is 0 Å². The molecule has 0 radical (unpaired) electrons. The normalized spacial score (nSPS) is 11.8. The molecule has 3 N–H and O–H groups in total. The van der Waals surface area contributed by atoms with Crippen LogP contribution in [0.1, 0.15) is 24.1 Å². The molecule has 0 spiro atoms. The third-order valence-electron chi connectivity index (χ3n) is 3.74. The lowest BCUT2D eigenvalue weighted by Gasteiger charge is -2.12. The molecule has 2 rings (SSSR count). The van der Waals surface area contributed by atoms with Crippen LogP contribution in [0.25, 0.3) is 0 Å². The molecule has 4 nitrogen and oxygen atoms in total. The minimum atomic E-state index is -0.0123. The van der Waals surface area contributed by atoms with Gasteiger partial charge < -0.3 is 15.4 Å². The second kappa shape index (κ2) is 9.30. The molecule has 128 valence electrons. The summed E-state index contributed by atoms with van der Waals surface area (Å²) >= 11 is 6.17. The molecular weight excluding hydrogens is 324 g/mol. The van der Waals surface area contributed by atoms with Crippen molar-refractivity contribution in [2.24, 2.45) is 0 Å². The van der Waals surface area contributed by atoms with E-state index in [-0.39, 0.29) is 11.9 Å². The molecule has 5 heteroatoms. The zero-order valence-electron chi connectivity index (χ0n) is 14.1. The Bertz CT molecular complexity index is 676. The van der Waals surface area contributed by atoms with E-state index in [4.69, 9.17) is 16.3 Å². The maximum atomic E-state index is 11.9. The molecule has 24 heavy (non-hydrogen) atoms. The Labute approximate surface area is 148 Å². The van der Waals surface area contributed by atoms with Gasteiger partial charge in [0.15, 0.2) is 6.54 Å². The highest BCUT2D eigenvalue weighted by Gasteiger charge is 2.13. The number of hydrogen-bond acceptors (Lipinski definition) is 2. The van der Waals surface area contributed by atoms with E-state index in [1.54, 1.807) is 0 Å². The van der Waals surface area contributed by atoms with Gasteiger partial charge in [-0.15, -0.1) is 0 Å². The number of carbonyl (C=O) groups is 1. The van der Waals surface area contributed by atoms with Gasteiger partial charge in [0.1, 0.15) is 18.4 Å². The van der Waals surface area contributed by atoms with E-state index < -0.39 is 0 Å². The van der Waals surface area contributed by atoms with E-state index in [1.807, 2.05) is 67.7 Å². The minimum absolute atomic E-state index is 0.0123. The van der Waals surface area contributed by atoms with E-state index in [0.717, 1.165) is 21.9 Å². The van der Waals surface area contributed by atoms with Crippen LogP contribution in [0.2, 0.25) is 5.02 Å². The molecule has 0 aliphatic heterocycles. The van der Waals surface area contributed by atoms with Crippen molar-refractivity contribution in [1.82, 2.24) is 5.32 Å². The average molecular weight is 348 g/mol. The van der Waals surface area contributed by atoms with Crippen molar-refractivity contribution in [3.05, 3.63) is 64.7 Å². The van der Waals surface area contributed by atoms with Crippen molar-refractivity contribution in [3.63, 3.8) is 0 Å². The lowest BCUT2D eigenvalue weighted by Crippen LogP contribution is -2.87. The number of hydrogen-bond donors (Lipinski definition) is 2. The van der Waals surface area contributed by atoms with E-state index in [9.17, 15) is 4.79 Å². The van der Waals surface area contributed by atoms with Crippen LogP contribution in [-0.2, 0) is 4.79 Å². The summed E-state index contributed by atoms with van der Waals surface area (Å²) in [6, 6.07) is 15.7. The topological polar surface area (TPSA) is 54.9 Å². The number of halogens is 1. The third kappa shape index (κ3) is 5.87. The van der Waals surface area contributed by atoms with Gasteiger partial charge in [-0.25, -0.2) is 0 Å². The summed E-state index contributed by atoms with van der Waals surface area (Å²) in [7, 11) is 0. The van der Waals surface area contributed by atoms with Gasteiger partial charge in [-0.3, -0.25) is 4.79 Å². The molecule has 0 bridgehead atoms. The summed E-state index contributed by atoms with van der Waals surface area (Å²) in [6.07, 6.45) is 0. The first-order valence-corrected chi connectivity index (χ1v) is 8.48. The Morgan fingerprint density at radius 2 is 2.04 bits per heavy atom. The third-order valence-corrected chi connectivity index (χ3v) is 4.08. The smallest absolute Gasteiger partial charge is 0.275 e. The summed E-state index contributed by atoms with van der Waals surface area (Å²) in [5.74, 6) is 0.810. The van der Waals surface area contributed by atoms with Crippen molar-refractivity contribution in [2.75, 3.05) is 19.7 Å². The predicted molar refractivity (Wildman–Crippen MR) is 96.3 cm³/mol. The van der Waals surface area contributed by atoms with E-state index in [2.05, 4.69) is 5.32 Å². The van der Waals surface area contributed by atoms with Gasteiger partial charge in [0.05, 0.1) is 6.54 Å². The molecule has 0 fully saturated rings. The van der Waals surface area contributed by atoms with Crippen molar-refractivity contribution < 1.29 is 14.8 Å². The summed E-state index contributed by atoms with van der Waals surface area (Å²) in [5, 5.41) is 5.56. The fourth-order valence-electron chi connectivity index (χ4n) is 2.39. The first-order valence-electron chi connectivity index (χ1n) is 8.10. The van der Waals surface area contributed by atoms with Crippen molar-refractivity contribution in [3.8, 4) is 5.75 Å². The number of aryl methyl sites for hydroxylation is 1. The molecule has 0 aliphatic carbocycles. The number of carbonyl (C=O) groups excluding carboxylic acids is 1. The van der Waals surface area contributed by atoms with Crippen LogP contribution in [0.4, 0.5) is 0 Å². The molecule has 0 aromatic heterocycles. The number of benzene rings is 2. The lowest BCUT2D eigenvalue weighted by atomic mass is 10.1. The highest BCUT2D eigenvalue weighted by atomic mass is 35.5. The molecule has 2 aromatic rings. The summed E-state index contributed by atoms with van der Waals surface area (Å²) in [5.41, 5.74) is 2.19. The lowest BCUT2D eigenvalue weighted by molar-refractivity contribution is -0.682. The molecule has 0 aliphatic rings. The van der Waals surface area contributed by atoms with Gasteiger partial charge in [0.2, 0.25) is 0 Å². The molecule has 0 heterocycles. The van der Waals surface area contributed by atoms with Crippen LogP contribution < -0.4 is 15.4 Å². The summed E-state index contributed by atoms with van der Waals surface area (Å²) in [6.45, 7) is 5.35. The minimum Gasteiger partial charge on any atom is -0.492 e. The Morgan fingerprint density at radius 3 is 2.79 bits per heavy atom. The zero-order valence-corrected chi connectivity index (χ0v) is 14.8. The highest BCUT2D eigenvalue weighted by molar-refractivity contribution is 6.31. The van der Waals surface area contributed by atoms with Crippen molar-refractivity contribution >= 4 is 17.5 Å². The molecule has 0 saturated carbocycles. The van der Waals surface area contributed by atoms with Crippen LogP contribution in [0.5, 0.6) is 5.75 Å². The molecule has 0 saturated heterocycles. The number of ether oxygens (including phenoxy) is 1. The van der Waals surface area contributed by atoms with Crippen LogP contribution in [-0.4, -0.2) is 25.6 Å². The predicted octanol–water partition coefficient (Wildman–Crippen LogP) is 2.47. The molecule has 1 atom stereocenters. The van der Waals surface area contributed by atoms with Crippen molar-refractivity contribution in [1.29, 1.82) is 0 Å². The second-order valence-corrected chi connectivity index (χ2v) is 6.17. The van der Waals surface area contributed by atoms with Crippen LogP contribution in [0.15, 0.2) is 48.5 Å². The standard InChI is InChI=1S/C19H23ClN2O2/c1-14-6-5-7-16(12-14)24-11-10-21-19(23)13-22-15(2)17-8-3-4-9-18(17)20/h3-9,12,15,22H,10-11,13H2,1-2H3,(H,21,23)/p+1/t15-/m0/s1. The van der Waals surface area contributed by atoms with Gasteiger partial charge in [-0.05, 0) is 37.6 Å². The maximum absolute atomic E-state index is 11.9. The second-order valence-electron chi connectivity index (χ2n) is 5.76. The Balaban J connectivity index is 1.65. The molecule has 1 amide bonds. The molecule has 2 aromatic carbocycles. The Morgan fingerprint density at radius 1 is 1.25 bits per heavy atom. The zero-order chi connectivity index (χ0) is 17.4. The fourth-order valence-corrected chi connectivity index (χ4v) is 2.70. The van der Waals surface area contributed by atoms with Gasteiger partial charge in [0, 0.05) is 10.6 Å². The first-order chi connectivity index (χ1) is 11.6. The maximum Gasteiger partial charge on any atom is 0.275 e. The number of amides is 1. The number of rotatable bonds is 8. The largest absolute Gasteiger partial charge is 0.492 e. The monoisotopic (exact) mass is 347 g/mol. The van der Waals surface area contributed by atoms with Crippen molar-refractivity contribution in [2.45, 2.75) is 19.9 Å². The van der Waals surface area contributed by atoms with E-state index in [1.165, 1.54) is 0 Å². The quantitative estimate of drug-likeness (QED) is 0.721.